The first-order valence-electron chi connectivity index (χ1n) is 11.4. The van der Waals surface area contributed by atoms with E-state index in [0.717, 1.165) is 28.1 Å². The lowest BCUT2D eigenvalue weighted by Crippen LogP contribution is -2.38. The minimum absolute atomic E-state index is 0.348. The fourth-order valence-electron chi connectivity index (χ4n) is 3.71. The molecule has 0 aliphatic rings. The number of ether oxygens (including phenoxy) is 1. The third kappa shape index (κ3) is 6.72. The topological polar surface area (TPSA) is 84.6 Å². The number of oxazole rings is 1. The Hall–Kier alpha value is -3.61. The van der Waals surface area contributed by atoms with Gasteiger partial charge in [-0.25, -0.2) is 4.98 Å². The highest BCUT2D eigenvalue weighted by atomic mass is 35.5. The van der Waals surface area contributed by atoms with E-state index in [-0.39, 0.29) is 0 Å². The maximum atomic E-state index is 11.7. The molecule has 1 atom stereocenters. The molecule has 2 N–H and O–H groups in total. The van der Waals surface area contributed by atoms with Crippen molar-refractivity contribution in [2.75, 3.05) is 6.61 Å². The van der Waals surface area contributed by atoms with Gasteiger partial charge in [-0.1, -0.05) is 60.1 Å². The fraction of sp³-hybridized carbons (Fsp3) is 0.214. The van der Waals surface area contributed by atoms with Gasteiger partial charge in [-0.2, -0.15) is 0 Å². The molecule has 1 heterocycles. The molecule has 0 spiro atoms. The number of nitrogens with zero attached hydrogens (tertiary/aromatic N) is 1. The molecule has 0 saturated heterocycles. The summed E-state index contributed by atoms with van der Waals surface area (Å²) >= 11 is 6.17. The summed E-state index contributed by atoms with van der Waals surface area (Å²) < 4.78 is 11.7. The Labute approximate surface area is 209 Å². The monoisotopic (exact) mass is 490 g/mol. The largest absolute Gasteiger partial charge is 0.493 e. The molecule has 180 valence electrons. The molecule has 0 aliphatic heterocycles. The Morgan fingerprint density at radius 2 is 1.77 bits per heavy atom. The number of hydrogen-bond acceptors (Lipinski definition) is 5. The molecule has 0 fully saturated rings. The summed E-state index contributed by atoms with van der Waals surface area (Å²) in [5, 5.41) is 13.3. The second kappa shape index (κ2) is 11.7. The van der Waals surface area contributed by atoms with Gasteiger partial charge >= 0.3 is 5.97 Å². The van der Waals surface area contributed by atoms with Gasteiger partial charge in [-0.3, -0.25) is 10.1 Å². The van der Waals surface area contributed by atoms with E-state index in [0.29, 0.717) is 42.7 Å². The summed E-state index contributed by atoms with van der Waals surface area (Å²) in [7, 11) is 0. The van der Waals surface area contributed by atoms with Crippen LogP contribution >= 0.6 is 11.6 Å². The van der Waals surface area contributed by atoms with E-state index < -0.39 is 12.0 Å². The zero-order valence-electron chi connectivity index (χ0n) is 19.4. The molecule has 0 unspecified atom stereocenters. The van der Waals surface area contributed by atoms with Crippen LogP contribution in [0.3, 0.4) is 0 Å². The molecule has 0 aliphatic carbocycles. The van der Waals surface area contributed by atoms with Crippen molar-refractivity contribution >= 4 is 17.6 Å². The predicted molar refractivity (Wildman–Crippen MR) is 136 cm³/mol. The van der Waals surface area contributed by atoms with Gasteiger partial charge in [0.25, 0.3) is 0 Å². The van der Waals surface area contributed by atoms with Crippen molar-refractivity contribution in [3.63, 3.8) is 0 Å². The van der Waals surface area contributed by atoms with Gasteiger partial charge in [0.15, 0.2) is 0 Å². The van der Waals surface area contributed by atoms with Crippen LogP contribution in [0.5, 0.6) is 5.75 Å². The molecule has 0 radical (unpaired) electrons. The molecule has 3 aromatic carbocycles. The number of aliphatic carboxylic acids is 1. The number of hydrogen-bond donors (Lipinski definition) is 2. The molecule has 4 aromatic rings. The van der Waals surface area contributed by atoms with Crippen LogP contribution in [-0.2, 0) is 24.2 Å². The van der Waals surface area contributed by atoms with E-state index in [2.05, 4.69) is 10.3 Å². The standard InChI is InChI=1S/C28H27ClN2O4/c1-19-25(31-27(35-19)21-7-3-2-4-8-21)15-16-34-23-13-11-20(12-14-23)17-26(28(32)33)30-18-22-9-5-6-10-24(22)29/h2-14,26,30H,15-18H2,1H3,(H,32,33)/t26-/m0/s1. The van der Waals surface area contributed by atoms with Crippen molar-refractivity contribution in [3.8, 4) is 17.2 Å². The smallest absolute Gasteiger partial charge is 0.321 e. The Morgan fingerprint density at radius 3 is 2.49 bits per heavy atom. The predicted octanol–water partition coefficient (Wildman–Crippen LogP) is 5.71. The number of carbonyl (C=O) groups is 1. The average Bonchev–Trinajstić information content (AvgIpc) is 3.24. The van der Waals surface area contributed by atoms with E-state index in [1.165, 1.54) is 0 Å². The first-order chi connectivity index (χ1) is 17.0. The summed E-state index contributed by atoms with van der Waals surface area (Å²) in [6, 6.07) is 23.9. The van der Waals surface area contributed by atoms with E-state index in [9.17, 15) is 9.90 Å². The minimum atomic E-state index is -0.907. The molecule has 0 bridgehead atoms. The zero-order chi connectivity index (χ0) is 24.6. The lowest BCUT2D eigenvalue weighted by Gasteiger charge is -2.15. The maximum absolute atomic E-state index is 11.7. The lowest BCUT2D eigenvalue weighted by molar-refractivity contribution is -0.139. The minimum Gasteiger partial charge on any atom is -0.493 e. The summed E-state index contributed by atoms with van der Waals surface area (Å²) in [4.78, 5) is 16.3. The van der Waals surface area contributed by atoms with Crippen molar-refractivity contribution < 1.29 is 19.1 Å². The van der Waals surface area contributed by atoms with Crippen LogP contribution in [0.1, 0.15) is 22.6 Å². The molecule has 35 heavy (non-hydrogen) atoms. The Bertz CT molecular complexity index is 1260. The second-order valence-corrected chi connectivity index (χ2v) is 8.60. The molecule has 7 heteroatoms. The van der Waals surface area contributed by atoms with Gasteiger partial charge in [0, 0.05) is 23.6 Å². The summed E-state index contributed by atoms with van der Waals surface area (Å²) in [5.74, 6) is 1.20. The number of aromatic nitrogens is 1. The second-order valence-electron chi connectivity index (χ2n) is 8.20. The van der Waals surface area contributed by atoms with Gasteiger partial charge in [-0.15, -0.1) is 0 Å². The normalized spacial score (nSPS) is 11.8. The van der Waals surface area contributed by atoms with Crippen molar-refractivity contribution in [1.82, 2.24) is 10.3 Å². The van der Waals surface area contributed by atoms with Crippen molar-refractivity contribution in [3.05, 3.63) is 106 Å². The fourth-order valence-corrected chi connectivity index (χ4v) is 3.91. The van der Waals surface area contributed by atoms with Crippen molar-refractivity contribution in [1.29, 1.82) is 0 Å². The number of rotatable bonds is 11. The summed E-state index contributed by atoms with van der Waals surface area (Å²) in [5.41, 5.74) is 3.58. The van der Waals surface area contributed by atoms with Crippen LogP contribution in [0.4, 0.5) is 0 Å². The molecule has 0 saturated carbocycles. The quantitative estimate of drug-likeness (QED) is 0.280. The van der Waals surface area contributed by atoms with E-state index >= 15 is 0 Å². The van der Waals surface area contributed by atoms with Crippen molar-refractivity contribution in [2.24, 2.45) is 0 Å². The molecule has 1 aromatic heterocycles. The third-order valence-electron chi connectivity index (χ3n) is 5.68. The van der Waals surface area contributed by atoms with Gasteiger partial charge in [-0.05, 0) is 54.8 Å². The summed E-state index contributed by atoms with van der Waals surface area (Å²) in [6.07, 6.45) is 0.970. The van der Waals surface area contributed by atoms with E-state index in [1.807, 2.05) is 79.7 Å². The van der Waals surface area contributed by atoms with Crippen LogP contribution in [0, 0.1) is 6.92 Å². The van der Waals surface area contributed by atoms with Crippen LogP contribution in [-0.4, -0.2) is 28.7 Å². The highest BCUT2D eigenvalue weighted by Crippen LogP contribution is 2.22. The van der Waals surface area contributed by atoms with Crippen molar-refractivity contribution in [2.45, 2.75) is 32.4 Å². The molecular weight excluding hydrogens is 464 g/mol. The highest BCUT2D eigenvalue weighted by Gasteiger charge is 2.18. The van der Waals surface area contributed by atoms with E-state index in [1.54, 1.807) is 6.07 Å². The number of nitrogens with one attached hydrogen (secondary N) is 1. The van der Waals surface area contributed by atoms with Gasteiger partial charge in [0.05, 0.1) is 12.3 Å². The average molecular weight is 491 g/mol. The first-order valence-corrected chi connectivity index (χ1v) is 11.8. The number of benzene rings is 3. The first kappa shape index (κ1) is 24.5. The lowest BCUT2D eigenvalue weighted by atomic mass is 10.1. The molecule has 6 nitrogen and oxygen atoms in total. The maximum Gasteiger partial charge on any atom is 0.321 e. The Morgan fingerprint density at radius 1 is 1.06 bits per heavy atom. The van der Waals surface area contributed by atoms with E-state index in [4.69, 9.17) is 20.8 Å². The van der Waals surface area contributed by atoms with Gasteiger partial charge in [0.2, 0.25) is 5.89 Å². The number of carboxylic acid groups (broad SMARTS) is 1. The van der Waals surface area contributed by atoms with Crippen LogP contribution in [0.2, 0.25) is 5.02 Å². The molecular formula is C28H27ClN2O4. The van der Waals surface area contributed by atoms with Crippen LogP contribution < -0.4 is 10.1 Å². The van der Waals surface area contributed by atoms with Gasteiger partial charge in [0.1, 0.15) is 17.6 Å². The van der Waals surface area contributed by atoms with Gasteiger partial charge < -0.3 is 14.3 Å². The van der Waals surface area contributed by atoms with Crippen LogP contribution in [0.25, 0.3) is 11.5 Å². The number of halogens is 1. The highest BCUT2D eigenvalue weighted by molar-refractivity contribution is 6.31. The SMILES string of the molecule is Cc1oc(-c2ccccc2)nc1CCOc1ccc(C[C@H](NCc2ccccc2Cl)C(=O)O)cc1. The summed E-state index contributed by atoms with van der Waals surface area (Å²) in [6.45, 7) is 2.74. The Balaban J connectivity index is 1.29. The molecule has 0 amide bonds. The van der Waals surface area contributed by atoms with Crippen LogP contribution in [0.15, 0.2) is 83.3 Å². The third-order valence-corrected chi connectivity index (χ3v) is 6.05. The zero-order valence-corrected chi connectivity index (χ0v) is 20.2. The number of carboxylic acids is 1. The Kier molecular flexibility index (Phi) is 8.19. The molecule has 4 rings (SSSR count). The number of aryl methyl sites for hydroxylation is 1.